The van der Waals surface area contributed by atoms with Crippen molar-refractivity contribution in [2.75, 3.05) is 6.54 Å². The monoisotopic (exact) mass is 318 g/mol. The predicted molar refractivity (Wildman–Crippen MR) is 76.9 cm³/mol. The van der Waals surface area contributed by atoms with E-state index in [1.165, 1.54) is 23.0 Å². The third-order valence-electron chi connectivity index (χ3n) is 3.78. The minimum Gasteiger partial charge on any atom is -0.476 e. The van der Waals surface area contributed by atoms with Crippen molar-refractivity contribution >= 4 is 11.9 Å². The number of benzene rings is 1. The Bertz CT molecular complexity index is 729. The minimum atomic E-state index is -1.13. The van der Waals surface area contributed by atoms with Gasteiger partial charge in [0.2, 0.25) is 5.91 Å². The number of likely N-dealkylation sites (tertiary alicyclic amines) is 1. The zero-order chi connectivity index (χ0) is 16.4. The van der Waals surface area contributed by atoms with Crippen LogP contribution >= 0.6 is 0 Å². The van der Waals surface area contributed by atoms with Gasteiger partial charge in [0, 0.05) is 32.0 Å². The number of carbonyl (C=O) groups is 2. The van der Waals surface area contributed by atoms with Crippen LogP contribution in [0, 0.1) is 11.7 Å². The summed E-state index contributed by atoms with van der Waals surface area (Å²) in [5.41, 5.74) is 0.756. The van der Waals surface area contributed by atoms with Crippen molar-refractivity contribution in [3.8, 4) is 0 Å². The lowest BCUT2D eigenvalue weighted by atomic mass is 10.1. The van der Waals surface area contributed by atoms with Crippen LogP contribution in [0.15, 0.2) is 30.5 Å². The molecule has 1 aromatic heterocycles. The smallest absolute Gasteiger partial charge is 0.358 e. The fraction of sp³-hybridized carbons (Fsp3) is 0.333. The quantitative estimate of drug-likeness (QED) is 0.894. The number of carboxylic acid groups (broad SMARTS) is 1. The van der Waals surface area contributed by atoms with Crippen LogP contribution < -0.4 is 0 Å². The van der Waals surface area contributed by atoms with Gasteiger partial charge in [-0.15, -0.1) is 5.10 Å². The number of halogens is 1. The molecule has 1 aliphatic rings. The van der Waals surface area contributed by atoms with Gasteiger partial charge in [-0.3, -0.25) is 9.48 Å². The Morgan fingerprint density at radius 1 is 1.35 bits per heavy atom. The summed E-state index contributed by atoms with van der Waals surface area (Å²) < 4.78 is 14.3. The lowest BCUT2D eigenvalue weighted by Crippen LogP contribution is -2.25. The summed E-state index contributed by atoms with van der Waals surface area (Å²) in [6.07, 6.45) is 1.74. The number of hydrogen-bond donors (Lipinski definition) is 1. The molecule has 1 aromatic carbocycles. The summed E-state index contributed by atoms with van der Waals surface area (Å²) in [5.74, 6) is -1.36. The zero-order valence-electron chi connectivity index (χ0n) is 12.2. The summed E-state index contributed by atoms with van der Waals surface area (Å²) in [6.45, 7) is 1.43. The van der Waals surface area contributed by atoms with Gasteiger partial charge in [0.1, 0.15) is 5.82 Å². The number of nitrogens with zero attached hydrogens (tertiary/aromatic N) is 4. The first-order valence-electron chi connectivity index (χ1n) is 7.17. The molecular weight excluding hydrogens is 303 g/mol. The molecule has 1 saturated heterocycles. The first-order valence-corrected chi connectivity index (χ1v) is 7.17. The lowest BCUT2D eigenvalue weighted by Gasteiger charge is -2.16. The molecule has 23 heavy (non-hydrogen) atoms. The molecular formula is C15H15FN4O3. The van der Waals surface area contributed by atoms with Crippen LogP contribution in [0.1, 0.15) is 22.5 Å². The molecule has 1 atom stereocenters. The summed E-state index contributed by atoms with van der Waals surface area (Å²) in [6, 6.07) is 6.06. The number of rotatable bonds is 5. The lowest BCUT2D eigenvalue weighted by molar-refractivity contribution is -0.128. The average molecular weight is 318 g/mol. The highest BCUT2D eigenvalue weighted by atomic mass is 19.1. The third kappa shape index (κ3) is 3.53. The van der Waals surface area contributed by atoms with Gasteiger partial charge in [-0.1, -0.05) is 17.3 Å². The van der Waals surface area contributed by atoms with Gasteiger partial charge in [0.05, 0.1) is 6.20 Å². The van der Waals surface area contributed by atoms with E-state index in [2.05, 4.69) is 10.3 Å². The van der Waals surface area contributed by atoms with E-state index in [1.54, 1.807) is 17.0 Å². The summed E-state index contributed by atoms with van der Waals surface area (Å²) in [5, 5.41) is 16.1. The van der Waals surface area contributed by atoms with Gasteiger partial charge in [-0.25, -0.2) is 9.18 Å². The van der Waals surface area contributed by atoms with Crippen molar-refractivity contribution in [3.05, 3.63) is 47.5 Å². The molecule has 1 amide bonds. The molecule has 0 aliphatic carbocycles. The van der Waals surface area contributed by atoms with E-state index in [4.69, 9.17) is 5.11 Å². The van der Waals surface area contributed by atoms with Gasteiger partial charge in [-0.05, 0) is 17.7 Å². The maximum atomic E-state index is 12.9. The Morgan fingerprint density at radius 2 is 2.09 bits per heavy atom. The van der Waals surface area contributed by atoms with Gasteiger partial charge in [-0.2, -0.15) is 0 Å². The van der Waals surface area contributed by atoms with E-state index < -0.39 is 5.97 Å². The van der Waals surface area contributed by atoms with Crippen LogP contribution in [0.5, 0.6) is 0 Å². The number of aromatic carboxylic acids is 1. The highest BCUT2D eigenvalue weighted by molar-refractivity contribution is 5.84. The van der Waals surface area contributed by atoms with E-state index in [-0.39, 0.29) is 23.3 Å². The first-order chi connectivity index (χ1) is 11.0. The second kappa shape index (κ2) is 6.15. The molecule has 2 aromatic rings. The SMILES string of the molecule is O=C(O)c1cn(CC2CC(=O)N(Cc3ccc(F)cc3)C2)nn1. The highest BCUT2D eigenvalue weighted by Crippen LogP contribution is 2.21. The second-order valence-corrected chi connectivity index (χ2v) is 5.60. The number of aromatic nitrogens is 3. The first kappa shape index (κ1) is 15.1. The third-order valence-corrected chi connectivity index (χ3v) is 3.78. The van der Waals surface area contributed by atoms with Crippen molar-refractivity contribution in [2.24, 2.45) is 5.92 Å². The fourth-order valence-electron chi connectivity index (χ4n) is 2.69. The van der Waals surface area contributed by atoms with Gasteiger partial charge in [0.25, 0.3) is 0 Å². The summed E-state index contributed by atoms with van der Waals surface area (Å²) >= 11 is 0. The topological polar surface area (TPSA) is 88.3 Å². The number of amides is 1. The van der Waals surface area contributed by atoms with Crippen LogP contribution in [0.2, 0.25) is 0 Å². The Balaban J connectivity index is 1.60. The van der Waals surface area contributed by atoms with Crippen LogP contribution in [-0.2, 0) is 17.9 Å². The largest absolute Gasteiger partial charge is 0.476 e. The van der Waals surface area contributed by atoms with E-state index in [0.717, 1.165) is 5.56 Å². The van der Waals surface area contributed by atoms with Crippen molar-refractivity contribution in [3.63, 3.8) is 0 Å². The Hall–Kier alpha value is -2.77. The average Bonchev–Trinajstić information content (AvgIpc) is 3.09. The van der Waals surface area contributed by atoms with Gasteiger partial charge < -0.3 is 10.0 Å². The van der Waals surface area contributed by atoms with E-state index >= 15 is 0 Å². The molecule has 1 unspecified atom stereocenters. The molecule has 1 fully saturated rings. The molecule has 8 heteroatoms. The van der Waals surface area contributed by atoms with Crippen molar-refractivity contribution in [1.29, 1.82) is 0 Å². The molecule has 0 radical (unpaired) electrons. The number of hydrogen-bond acceptors (Lipinski definition) is 4. The fourth-order valence-corrected chi connectivity index (χ4v) is 2.69. The highest BCUT2D eigenvalue weighted by Gasteiger charge is 2.30. The van der Waals surface area contributed by atoms with E-state index in [9.17, 15) is 14.0 Å². The number of carbonyl (C=O) groups excluding carboxylic acids is 1. The van der Waals surface area contributed by atoms with Gasteiger partial charge >= 0.3 is 5.97 Å². The molecule has 0 spiro atoms. The maximum Gasteiger partial charge on any atom is 0.358 e. The van der Waals surface area contributed by atoms with Gasteiger partial charge in [0.15, 0.2) is 5.69 Å². The van der Waals surface area contributed by atoms with Crippen LogP contribution in [0.4, 0.5) is 4.39 Å². The maximum absolute atomic E-state index is 12.9. The minimum absolute atomic E-state index is 0.0258. The molecule has 3 rings (SSSR count). The Morgan fingerprint density at radius 3 is 2.74 bits per heavy atom. The molecule has 2 heterocycles. The standard InChI is InChI=1S/C15H15FN4O3/c16-12-3-1-10(2-4-12)6-19-7-11(5-14(19)21)8-20-9-13(15(22)23)17-18-20/h1-4,9,11H,5-8H2,(H,22,23). The number of carboxylic acids is 1. The Labute approximate surface area is 131 Å². The molecule has 120 valence electrons. The van der Waals surface area contributed by atoms with Crippen molar-refractivity contribution < 1.29 is 19.1 Å². The normalized spacial score (nSPS) is 17.7. The van der Waals surface area contributed by atoms with Crippen LogP contribution in [-0.4, -0.2) is 43.4 Å². The molecule has 0 saturated carbocycles. The molecule has 1 aliphatic heterocycles. The van der Waals surface area contributed by atoms with Crippen molar-refractivity contribution in [1.82, 2.24) is 19.9 Å². The van der Waals surface area contributed by atoms with E-state index in [0.29, 0.717) is 26.1 Å². The second-order valence-electron chi connectivity index (χ2n) is 5.60. The van der Waals surface area contributed by atoms with Crippen LogP contribution in [0.3, 0.4) is 0 Å². The molecule has 1 N–H and O–H groups in total. The molecule has 7 nitrogen and oxygen atoms in total. The predicted octanol–water partition coefficient (Wildman–Crippen LogP) is 1.16. The summed E-state index contributed by atoms with van der Waals surface area (Å²) in [4.78, 5) is 24.6. The van der Waals surface area contributed by atoms with Crippen molar-refractivity contribution in [2.45, 2.75) is 19.5 Å². The van der Waals surface area contributed by atoms with E-state index in [1.807, 2.05) is 0 Å². The Kier molecular flexibility index (Phi) is 4.05. The zero-order valence-corrected chi connectivity index (χ0v) is 12.2. The van der Waals surface area contributed by atoms with Crippen LogP contribution in [0.25, 0.3) is 0 Å². The molecule has 0 bridgehead atoms. The summed E-state index contributed by atoms with van der Waals surface area (Å²) in [7, 11) is 0.